The molecular formula is C7H3ClF2N2O4. The second-order valence-electron chi connectivity index (χ2n) is 2.60. The molecule has 9 heteroatoms. The van der Waals surface area contributed by atoms with E-state index in [9.17, 15) is 23.7 Å². The molecule has 0 atom stereocenters. The van der Waals surface area contributed by atoms with Crippen molar-refractivity contribution < 1.29 is 23.6 Å². The van der Waals surface area contributed by atoms with Crippen LogP contribution in [0.5, 0.6) is 0 Å². The topological polar surface area (TPSA) is 93.3 Å². The van der Waals surface area contributed by atoms with Gasteiger partial charge in [0.1, 0.15) is 5.56 Å². The van der Waals surface area contributed by atoms with E-state index in [4.69, 9.17) is 16.7 Å². The molecule has 0 fully saturated rings. The minimum Gasteiger partial charge on any atom is -0.477 e. The summed E-state index contributed by atoms with van der Waals surface area (Å²) in [4.78, 5) is 23.0. The Bertz CT molecular complexity index is 466. The van der Waals surface area contributed by atoms with E-state index in [0.717, 1.165) is 0 Å². The molecule has 1 N–H and O–H groups in total. The van der Waals surface area contributed by atoms with Crippen molar-refractivity contribution in [1.82, 2.24) is 4.98 Å². The Kier molecular flexibility index (Phi) is 3.33. The van der Waals surface area contributed by atoms with Gasteiger partial charge in [-0.3, -0.25) is 0 Å². The third-order valence-electron chi connectivity index (χ3n) is 1.63. The maximum atomic E-state index is 12.4. The van der Waals surface area contributed by atoms with Gasteiger partial charge in [-0.1, -0.05) is 0 Å². The Morgan fingerprint density at radius 2 is 2.19 bits per heavy atom. The molecule has 0 aliphatic rings. The standard InChI is InChI=1S/C7H3ClF2N2O4/c8-5-4(7(13)14)2(6(9)10)1-3(11-5)12(15)16/h1,6H,(H,13,14). The quantitative estimate of drug-likeness (QED) is 0.506. The van der Waals surface area contributed by atoms with Gasteiger partial charge in [0, 0.05) is 11.6 Å². The summed E-state index contributed by atoms with van der Waals surface area (Å²) in [7, 11) is 0. The number of nitro groups is 1. The van der Waals surface area contributed by atoms with Crippen molar-refractivity contribution in [2.75, 3.05) is 0 Å². The summed E-state index contributed by atoms with van der Waals surface area (Å²) in [5.41, 5.74) is -1.96. The number of pyridine rings is 1. The van der Waals surface area contributed by atoms with Crippen molar-refractivity contribution in [3.05, 3.63) is 32.5 Å². The molecule has 0 spiro atoms. The van der Waals surface area contributed by atoms with E-state index in [1.807, 2.05) is 0 Å². The minimum atomic E-state index is -3.19. The lowest BCUT2D eigenvalue weighted by Crippen LogP contribution is -2.07. The third-order valence-corrected chi connectivity index (χ3v) is 1.90. The first-order valence-corrected chi connectivity index (χ1v) is 4.08. The van der Waals surface area contributed by atoms with Crippen molar-refractivity contribution in [3.8, 4) is 0 Å². The highest BCUT2D eigenvalue weighted by Gasteiger charge is 2.28. The van der Waals surface area contributed by atoms with Crippen LogP contribution in [0.15, 0.2) is 6.07 Å². The van der Waals surface area contributed by atoms with E-state index in [1.54, 1.807) is 0 Å². The Morgan fingerprint density at radius 1 is 1.62 bits per heavy atom. The zero-order valence-corrected chi connectivity index (χ0v) is 8.11. The Balaban J connectivity index is 3.51. The molecule has 1 aromatic heterocycles. The number of aromatic carboxylic acids is 1. The van der Waals surface area contributed by atoms with E-state index in [-0.39, 0.29) is 0 Å². The van der Waals surface area contributed by atoms with Crippen LogP contribution in [0.25, 0.3) is 0 Å². The van der Waals surface area contributed by atoms with Crippen LogP contribution in [0.2, 0.25) is 5.15 Å². The Morgan fingerprint density at radius 3 is 2.56 bits per heavy atom. The van der Waals surface area contributed by atoms with Gasteiger partial charge in [0.25, 0.3) is 11.6 Å². The first-order valence-electron chi connectivity index (χ1n) is 3.71. The SMILES string of the molecule is O=C(O)c1c(C(F)F)cc([N+](=O)[O-])nc1Cl. The third kappa shape index (κ3) is 2.22. The number of alkyl halides is 2. The monoisotopic (exact) mass is 252 g/mol. The number of nitrogens with zero attached hydrogens (tertiary/aromatic N) is 2. The van der Waals surface area contributed by atoms with Crippen LogP contribution >= 0.6 is 11.6 Å². The summed E-state index contributed by atoms with van der Waals surface area (Å²) in [6, 6.07) is 0.389. The van der Waals surface area contributed by atoms with E-state index < -0.39 is 39.4 Å². The normalized spacial score (nSPS) is 10.5. The fourth-order valence-electron chi connectivity index (χ4n) is 0.996. The lowest BCUT2D eigenvalue weighted by atomic mass is 10.1. The van der Waals surface area contributed by atoms with Gasteiger partial charge in [-0.15, -0.1) is 0 Å². The number of hydrogen-bond acceptors (Lipinski definition) is 4. The number of aromatic nitrogens is 1. The fourth-order valence-corrected chi connectivity index (χ4v) is 1.27. The number of carboxylic acids is 1. The van der Waals surface area contributed by atoms with E-state index in [1.165, 1.54) is 0 Å². The zero-order chi connectivity index (χ0) is 12.5. The van der Waals surface area contributed by atoms with Gasteiger partial charge in [0.05, 0.1) is 0 Å². The highest BCUT2D eigenvalue weighted by atomic mass is 35.5. The zero-order valence-electron chi connectivity index (χ0n) is 7.35. The molecule has 0 aromatic carbocycles. The summed E-state index contributed by atoms with van der Waals surface area (Å²) in [6.45, 7) is 0. The second kappa shape index (κ2) is 4.35. The summed E-state index contributed by atoms with van der Waals surface area (Å²) >= 11 is 5.29. The van der Waals surface area contributed by atoms with Crippen molar-refractivity contribution >= 4 is 23.4 Å². The predicted octanol–water partition coefficient (Wildman–Crippen LogP) is 2.28. The molecule has 86 valence electrons. The van der Waals surface area contributed by atoms with Gasteiger partial charge in [-0.25, -0.2) is 13.6 Å². The largest absolute Gasteiger partial charge is 0.477 e. The number of carboxylic acid groups (broad SMARTS) is 1. The molecule has 6 nitrogen and oxygen atoms in total. The first kappa shape index (κ1) is 12.2. The van der Waals surface area contributed by atoms with Crippen LogP contribution in [0.4, 0.5) is 14.6 Å². The number of hydrogen-bond donors (Lipinski definition) is 1. The molecule has 0 aliphatic heterocycles. The molecule has 0 saturated carbocycles. The molecule has 0 radical (unpaired) electrons. The maximum Gasteiger partial charge on any atom is 0.365 e. The molecule has 0 unspecified atom stereocenters. The van der Waals surface area contributed by atoms with Crippen LogP contribution < -0.4 is 0 Å². The fraction of sp³-hybridized carbons (Fsp3) is 0.143. The van der Waals surface area contributed by atoms with E-state index >= 15 is 0 Å². The van der Waals surface area contributed by atoms with E-state index in [2.05, 4.69) is 4.98 Å². The highest BCUT2D eigenvalue weighted by Crippen LogP contribution is 2.30. The van der Waals surface area contributed by atoms with Gasteiger partial charge in [0.2, 0.25) is 0 Å². The smallest absolute Gasteiger partial charge is 0.365 e. The van der Waals surface area contributed by atoms with Gasteiger partial charge >= 0.3 is 11.8 Å². The van der Waals surface area contributed by atoms with Crippen molar-refractivity contribution in [2.24, 2.45) is 0 Å². The Labute approximate surface area is 91.6 Å². The lowest BCUT2D eigenvalue weighted by Gasteiger charge is -2.04. The molecule has 1 rings (SSSR count). The average Bonchev–Trinajstić information content (AvgIpc) is 2.15. The highest BCUT2D eigenvalue weighted by molar-refractivity contribution is 6.32. The summed E-state index contributed by atoms with van der Waals surface area (Å²) in [5.74, 6) is -2.65. The molecule has 0 bridgehead atoms. The van der Waals surface area contributed by atoms with Gasteiger partial charge in [-0.2, -0.15) is 0 Å². The van der Waals surface area contributed by atoms with Crippen LogP contribution in [-0.4, -0.2) is 21.0 Å². The summed E-state index contributed by atoms with van der Waals surface area (Å²) in [5, 5.41) is 18.1. The van der Waals surface area contributed by atoms with Crippen molar-refractivity contribution in [2.45, 2.75) is 6.43 Å². The molecular weight excluding hydrogens is 250 g/mol. The number of halogens is 3. The van der Waals surface area contributed by atoms with Crippen LogP contribution in [0, 0.1) is 10.1 Å². The maximum absolute atomic E-state index is 12.4. The second-order valence-corrected chi connectivity index (χ2v) is 2.96. The van der Waals surface area contributed by atoms with Crippen molar-refractivity contribution in [3.63, 3.8) is 0 Å². The number of carbonyl (C=O) groups is 1. The van der Waals surface area contributed by atoms with Crippen LogP contribution in [0.1, 0.15) is 22.3 Å². The molecule has 0 saturated heterocycles. The number of rotatable bonds is 3. The first-order chi connectivity index (χ1) is 7.34. The summed E-state index contributed by atoms with van der Waals surface area (Å²) in [6.07, 6.45) is -3.19. The summed E-state index contributed by atoms with van der Waals surface area (Å²) < 4.78 is 24.9. The average molecular weight is 253 g/mol. The van der Waals surface area contributed by atoms with Crippen LogP contribution in [-0.2, 0) is 0 Å². The molecule has 0 aliphatic carbocycles. The predicted molar refractivity (Wildman–Crippen MR) is 47.8 cm³/mol. The van der Waals surface area contributed by atoms with E-state index in [0.29, 0.717) is 6.07 Å². The molecule has 1 heterocycles. The molecule has 0 amide bonds. The van der Waals surface area contributed by atoms with Crippen molar-refractivity contribution in [1.29, 1.82) is 0 Å². The van der Waals surface area contributed by atoms with Gasteiger partial charge in [-0.05, 0) is 21.5 Å². The minimum absolute atomic E-state index is 0.389. The molecule has 1 aromatic rings. The molecule has 16 heavy (non-hydrogen) atoms. The van der Waals surface area contributed by atoms with Gasteiger partial charge in [0.15, 0.2) is 0 Å². The lowest BCUT2D eigenvalue weighted by molar-refractivity contribution is -0.389. The Hall–Kier alpha value is -1.83. The van der Waals surface area contributed by atoms with Gasteiger partial charge < -0.3 is 15.2 Å². The van der Waals surface area contributed by atoms with Crippen LogP contribution in [0.3, 0.4) is 0 Å².